The van der Waals surface area contributed by atoms with Gasteiger partial charge in [0.25, 0.3) is 0 Å². The third-order valence-electron chi connectivity index (χ3n) is 3.16. The minimum absolute atomic E-state index is 0.00446. The van der Waals surface area contributed by atoms with Crippen LogP contribution in [0.2, 0.25) is 0 Å². The summed E-state index contributed by atoms with van der Waals surface area (Å²) in [7, 11) is 3.00. The molecule has 6 nitrogen and oxygen atoms in total. The Hall–Kier alpha value is -1.85. The summed E-state index contributed by atoms with van der Waals surface area (Å²) in [4.78, 5) is 21.9. The lowest BCUT2D eigenvalue weighted by Crippen LogP contribution is -2.37. The summed E-state index contributed by atoms with van der Waals surface area (Å²) < 4.78 is 9.81. The Kier molecular flexibility index (Phi) is 3.96. The van der Waals surface area contributed by atoms with Crippen LogP contribution in [0.5, 0.6) is 5.88 Å². The fourth-order valence-electron chi connectivity index (χ4n) is 2.10. The number of aromatic nitrogens is 2. The van der Waals surface area contributed by atoms with Crippen LogP contribution in [-0.4, -0.2) is 43.2 Å². The van der Waals surface area contributed by atoms with Crippen LogP contribution in [0, 0.1) is 5.92 Å². The van der Waals surface area contributed by atoms with E-state index in [0.717, 1.165) is 31.7 Å². The molecule has 1 aliphatic rings. The highest BCUT2D eigenvalue weighted by Crippen LogP contribution is 2.23. The molecule has 0 radical (unpaired) electrons. The second-order valence-electron chi connectivity index (χ2n) is 4.20. The monoisotopic (exact) mass is 251 g/mol. The molecule has 2 heterocycles. The van der Waals surface area contributed by atoms with E-state index in [1.165, 1.54) is 7.11 Å². The highest BCUT2D eigenvalue weighted by molar-refractivity contribution is 5.72. The standard InChI is InChI=1S/C12H17N3O3/c1-17-11-8-13-7-10(14-11)15-5-3-9(4-6-15)12(16)18-2/h7-9H,3-6H2,1-2H3. The lowest BCUT2D eigenvalue weighted by molar-refractivity contribution is -0.146. The fourth-order valence-corrected chi connectivity index (χ4v) is 2.10. The van der Waals surface area contributed by atoms with Gasteiger partial charge in [0.1, 0.15) is 0 Å². The van der Waals surface area contributed by atoms with Crippen molar-refractivity contribution in [3.8, 4) is 5.88 Å². The summed E-state index contributed by atoms with van der Waals surface area (Å²) in [6.45, 7) is 1.56. The molecule has 0 atom stereocenters. The number of esters is 1. The number of carbonyl (C=O) groups excluding carboxylic acids is 1. The first-order valence-electron chi connectivity index (χ1n) is 5.93. The highest BCUT2D eigenvalue weighted by atomic mass is 16.5. The zero-order valence-electron chi connectivity index (χ0n) is 10.6. The Labute approximate surface area is 106 Å². The highest BCUT2D eigenvalue weighted by Gasteiger charge is 2.26. The van der Waals surface area contributed by atoms with E-state index in [4.69, 9.17) is 9.47 Å². The minimum atomic E-state index is -0.119. The van der Waals surface area contributed by atoms with Crippen molar-refractivity contribution in [2.75, 3.05) is 32.2 Å². The van der Waals surface area contributed by atoms with Crippen LogP contribution in [0.15, 0.2) is 12.4 Å². The number of anilines is 1. The summed E-state index contributed by atoms with van der Waals surface area (Å²) in [5.74, 6) is 1.18. The van der Waals surface area contributed by atoms with Gasteiger partial charge in [0, 0.05) is 13.1 Å². The quantitative estimate of drug-likeness (QED) is 0.743. The van der Waals surface area contributed by atoms with E-state index < -0.39 is 0 Å². The molecule has 6 heteroatoms. The molecule has 0 bridgehead atoms. The molecule has 18 heavy (non-hydrogen) atoms. The van der Waals surface area contributed by atoms with Crippen LogP contribution in [0.25, 0.3) is 0 Å². The predicted octanol–water partition coefficient (Wildman–Crippen LogP) is 0.875. The van der Waals surface area contributed by atoms with Gasteiger partial charge in [0.15, 0.2) is 5.82 Å². The van der Waals surface area contributed by atoms with Crippen LogP contribution < -0.4 is 9.64 Å². The molecule has 2 rings (SSSR count). The number of methoxy groups -OCH3 is 2. The van der Waals surface area contributed by atoms with Crippen molar-refractivity contribution in [1.29, 1.82) is 0 Å². The second-order valence-corrected chi connectivity index (χ2v) is 4.20. The summed E-state index contributed by atoms with van der Waals surface area (Å²) in [6.07, 6.45) is 4.85. The number of hydrogen-bond donors (Lipinski definition) is 0. The molecule has 1 fully saturated rings. The molecular weight excluding hydrogens is 234 g/mol. The number of hydrogen-bond acceptors (Lipinski definition) is 6. The maximum Gasteiger partial charge on any atom is 0.308 e. The molecule has 1 aliphatic heterocycles. The smallest absolute Gasteiger partial charge is 0.308 e. The van der Waals surface area contributed by atoms with Gasteiger partial charge in [-0.15, -0.1) is 0 Å². The van der Waals surface area contributed by atoms with Crippen molar-refractivity contribution in [2.24, 2.45) is 5.92 Å². The molecule has 0 aliphatic carbocycles. The van der Waals surface area contributed by atoms with Gasteiger partial charge in [-0.3, -0.25) is 9.78 Å². The summed E-state index contributed by atoms with van der Waals surface area (Å²) >= 11 is 0. The van der Waals surface area contributed by atoms with Crippen molar-refractivity contribution in [3.05, 3.63) is 12.4 Å². The van der Waals surface area contributed by atoms with Crippen molar-refractivity contribution in [1.82, 2.24) is 9.97 Å². The van der Waals surface area contributed by atoms with Gasteiger partial charge in [-0.2, -0.15) is 4.98 Å². The van der Waals surface area contributed by atoms with Crippen LogP contribution in [0.3, 0.4) is 0 Å². The van der Waals surface area contributed by atoms with E-state index in [1.807, 2.05) is 0 Å². The number of ether oxygens (including phenoxy) is 2. The largest absolute Gasteiger partial charge is 0.480 e. The van der Waals surface area contributed by atoms with Crippen molar-refractivity contribution in [2.45, 2.75) is 12.8 Å². The van der Waals surface area contributed by atoms with Crippen molar-refractivity contribution in [3.63, 3.8) is 0 Å². The van der Waals surface area contributed by atoms with E-state index in [0.29, 0.717) is 5.88 Å². The number of nitrogens with zero attached hydrogens (tertiary/aromatic N) is 3. The molecule has 1 saturated heterocycles. The van der Waals surface area contributed by atoms with E-state index in [2.05, 4.69) is 14.9 Å². The van der Waals surface area contributed by atoms with Crippen molar-refractivity contribution < 1.29 is 14.3 Å². The van der Waals surface area contributed by atoms with Crippen molar-refractivity contribution >= 4 is 11.8 Å². The van der Waals surface area contributed by atoms with E-state index in [1.54, 1.807) is 19.5 Å². The van der Waals surface area contributed by atoms with E-state index in [9.17, 15) is 4.79 Å². The van der Waals surface area contributed by atoms with Crippen LogP contribution in [-0.2, 0) is 9.53 Å². The fraction of sp³-hybridized carbons (Fsp3) is 0.583. The van der Waals surface area contributed by atoms with E-state index >= 15 is 0 Å². The average Bonchev–Trinajstić information content (AvgIpc) is 2.46. The summed E-state index contributed by atoms with van der Waals surface area (Å²) in [6, 6.07) is 0. The number of carbonyl (C=O) groups is 1. The first kappa shape index (κ1) is 12.6. The Bertz CT molecular complexity index is 417. The summed E-state index contributed by atoms with van der Waals surface area (Å²) in [5, 5.41) is 0. The lowest BCUT2D eigenvalue weighted by Gasteiger charge is -2.31. The number of piperidine rings is 1. The third-order valence-corrected chi connectivity index (χ3v) is 3.16. The first-order valence-corrected chi connectivity index (χ1v) is 5.93. The minimum Gasteiger partial charge on any atom is -0.480 e. The zero-order valence-corrected chi connectivity index (χ0v) is 10.6. The lowest BCUT2D eigenvalue weighted by atomic mass is 9.97. The molecule has 1 aromatic heterocycles. The molecule has 98 valence electrons. The molecule has 0 unspecified atom stereocenters. The van der Waals surface area contributed by atoms with Gasteiger partial charge in [-0.05, 0) is 12.8 Å². The Balaban J connectivity index is 1.98. The van der Waals surface area contributed by atoms with Crippen LogP contribution in [0.1, 0.15) is 12.8 Å². The van der Waals surface area contributed by atoms with Gasteiger partial charge in [0.2, 0.25) is 5.88 Å². The second kappa shape index (κ2) is 5.66. The molecule has 1 aromatic rings. The molecule has 0 amide bonds. The van der Waals surface area contributed by atoms with Crippen LogP contribution in [0.4, 0.5) is 5.82 Å². The maximum absolute atomic E-state index is 11.4. The molecule has 0 N–H and O–H groups in total. The molecule has 0 saturated carbocycles. The Morgan fingerprint density at radius 1 is 1.33 bits per heavy atom. The zero-order chi connectivity index (χ0) is 13.0. The van der Waals surface area contributed by atoms with Gasteiger partial charge in [-0.25, -0.2) is 0 Å². The number of rotatable bonds is 3. The average molecular weight is 251 g/mol. The maximum atomic E-state index is 11.4. The molecular formula is C12H17N3O3. The van der Waals surface area contributed by atoms with E-state index in [-0.39, 0.29) is 11.9 Å². The Morgan fingerprint density at radius 3 is 2.67 bits per heavy atom. The van der Waals surface area contributed by atoms with Gasteiger partial charge in [-0.1, -0.05) is 0 Å². The first-order chi connectivity index (χ1) is 8.74. The SMILES string of the molecule is COC(=O)C1CCN(c2cncc(OC)n2)CC1. The predicted molar refractivity (Wildman–Crippen MR) is 65.5 cm³/mol. The molecule has 0 aromatic carbocycles. The molecule has 0 spiro atoms. The Morgan fingerprint density at radius 2 is 2.06 bits per heavy atom. The topological polar surface area (TPSA) is 64.5 Å². The van der Waals surface area contributed by atoms with Gasteiger partial charge >= 0.3 is 5.97 Å². The summed E-state index contributed by atoms with van der Waals surface area (Å²) in [5.41, 5.74) is 0. The third kappa shape index (κ3) is 2.69. The van der Waals surface area contributed by atoms with Crippen LogP contribution >= 0.6 is 0 Å². The van der Waals surface area contributed by atoms with Gasteiger partial charge in [0.05, 0.1) is 32.5 Å². The van der Waals surface area contributed by atoms with Gasteiger partial charge < -0.3 is 14.4 Å². The normalized spacial score (nSPS) is 16.4.